The number of fused-ring (bicyclic) bond motifs is 1. The highest BCUT2D eigenvalue weighted by Crippen LogP contribution is 2.33. The maximum absolute atomic E-state index is 13.3. The predicted octanol–water partition coefficient (Wildman–Crippen LogP) is 4.03. The molecule has 0 spiro atoms. The average molecular weight is 420 g/mol. The topological polar surface area (TPSA) is 82.7 Å². The van der Waals surface area contributed by atoms with Crippen molar-refractivity contribution >= 4 is 26.6 Å². The molecule has 3 aromatic heterocycles. The lowest BCUT2D eigenvalue weighted by atomic mass is 9.94. The normalized spacial score (nSPS) is 14.8. The van der Waals surface area contributed by atoms with Crippen LogP contribution in [0.5, 0.6) is 0 Å². The Hall–Kier alpha value is -3.26. The number of aromatic nitrogens is 5. The van der Waals surface area contributed by atoms with Gasteiger partial charge in [-0.15, -0.1) is 4.09 Å². The molecule has 0 aliphatic heterocycles. The maximum atomic E-state index is 13.3. The lowest BCUT2D eigenvalue weighted by molar-refractivity contribution is 0.582. The molecule has 152 valence electrons. The minimum atomic E-state index is -3.88. The highest BCUT2D eigenvalue weighted by molar-refractivity contribution is 7.90. The third-order valence-electron chi connectivity index (χ3n) is 5.40. The van der Waals surface area contributed by atoms with Crippen LogP contribution in [0.15, 0.2) is 66.0 Å². The van der Waals surface area contributed by atoms with Crippen LogP contribution >= 0.6 is 0 Å². The Morgan fingerprint density at radius 3 is 2.57 bits per heavy atom. The second-order valence-electron chi connectivity index (χ2n) is 7.48. The SMILES string of the molecule is Cn1cc(-c2nn(S(=O)(=O)c3ccccc3)c3ncc(C4=CCCCC4)cc23)cn1. The van der Waals surface area contributed by atoms with Crippen molar-refractivity contribution in [3.63, 3.8) is 0 Å². The number of pyridine rings is 1. The van der Waals surface area contributed by atoms with Crippen LogP contribution < -0.4 is 0 Å². The van der Waals surface area contributed by atoms with Gasteiger partial charge in [0.15, 0.2) is 5.65 Å². The summed E-state index contributed by atoms with van der Waals surface area (Å²) in [6.45, 7) is 0. The van der Waals surface area contributed by atoms with E-state index in [0.29, 0.717) is 16.7 Å². The van der Waals surface area contributed by atoms with Gasteiger partial charge in [-0.2, -0.15) is 18.6 Å². The molecular formula is C22H21N5O2S. The molecular weight excluding hydrogens is 398 g/mol. The molecule has 8 heteroatoms. The zero-order valence-electron chi connectivity index (χ0n) is 16.6. The summed E-state index contributed by atoms with van der Waals surface area (Å²) in [5.74, 6) is 0. The van der Waals surface area contributed by atoms with Crippen LogP contribution in [-0.4, -0.2) is 32.4 Å². The molecule has 0 amide bonds. The van der Waals surface area contributed by atoms with Crippen LogP contribution in [0.2, 0.25) is 0 Å². The van der Waals surface area contributed by atoms with Gasteiger partial charge in [0.05, 0.1) is 11.1 Å². The van der Waals surface area contributed by atoms with Crippen LogP contribution in [0.25, 0.3) is 27.9 Å². The Kier molecular flexibility index (Phi) is 4.51. The van der Waals surface area contributed by atoms with E-state index in [4.69, 9.17) is 0 Å². The maximum Gasteiger partial charge on any atom is 0.284 e. The van der Waals surface area contributed by atoms with E-state index in [9.17, 15) is 8.42 Å². The molecule has 0 radical (unpaired) electrons. The standard InChI is InChI=1S/C22H21N5O2S/c1-26-15-18(14-24-26)21-20-12-17(16-8-4-2-5-9-16)13-23-22(20)27(25-21)30(28,29)19-10-6-3-7-11-19/h3,6-8,10-15H,2,4-5,9H2,1H3. The largest absolute Gasteiger partial charge is 0.284 e. The summed E-state index contributed by atoms with van der Waals surface area (Å²) in [6.07, 6.45) is 11.9. The van der Waals surface area contributed by atoms with Gasteiger partial charge in [0, 0.05) is 30.4 Å². The van der Waals surface area contributed by atoms with Crippen molar-refractivity contribution < 1.29 is 8.42 Å². The molecule has 7 nitrogen and oxygen atoms in total. The first-order valence-corrected chi connectivity index (χ1v) is 11.4. The van der Waals surface area contributed by atoms with Crippen molar-refractivity contribution in [2.45, 2.75) is 30.6 Å². The van der Waals surface area contributed by atoms with E-state index in [2.05, 4.69) is 21.3 Å². The molecule has 0 saturated carbocycles. The molecule has 0 saturated heterocycles. The fourth-order valence-electron chi connectivity index (χ4n) is 3.87. The zero-order chi connectivity index (χ0) is 20.7. The summed E-state index contributed by atoms with van der Waals surface area (Å²) in [7, 11) is -2.06. The molecule has 1 aliphatic carbocycles. The molecule has 1 aromatic carbocycles. The molecule has 4 aromatic rings. The van der Waals surface area contributed by atoms with E-state index in [-0.39, 0.29) is 4.90 Å². The van der Waals surface area contributed by atoms with E-state index in [1.165, 1.54) is 12.0 Å². The molecule has 3 heterocycles. The van der Waals surface area contributed by atoms with Gasteiger partial charge in [0.25, 0.3) is 10.0 Å². The minimum Gasteiger partial charge on any atom is -0.275 e. The summed E-state index contributed by atoms with van der Waals surface area (Å²) in [5.41, 5.74) is 3.90. The van der Waals surface area contributed by atoms with Crippen LogP contribution in [-0.2, 0) is 17.1 Å². The predicted molar refractivity (Wildman–Crippen MR) is 115 cm³/mol. The molecule has 1 aliphatic rings. The monoisotopic (exact) mass is 419 g/mol. The highest BCUT2D eigenvalue weighted by atomic mass is 32.2. The van der Waals surface area contributed by atoms with Gasteiger partial charge in [0.2, 0.25) is 0 Å². The molecule has 0 atom stereocenters. The summed E-state index contributed by atoms with van der Waals surface area (Å²) in [6, 6.07) is 10.3. The third kappa shape index (κ3) is 3.13. The van der Waals surface area contributed by atoms with Crippen LogP contribution in [0.1, 0.15) is 31.2 Å². The molecule has 30 heavy (non-hydrogen) atoms. The molecule has 5 rings (SSSR count). The number of hydrogen-bond donors (Lipinski definition) is 0. The van der Waals surface area contributed by atoms with Crippen molar-refractivity contribution in [3.05, 3.63) is 66.6 Å². The van der Waals surface area contributed by atoms with E-state index >= 15 is 0 Å². The fourth-order valence-corrected chi connectivity index (χ4v) is 5.13. The smallest absolute Gasteiger partial charge is 0.275 e. The second kappa shape index (κ2) is 7.21. The van der Waals surface area contributed by atoms with E-state index in [0.717, 1.165) is 34.5 Å². The van der Waals surface area contributed by atoms with Gasteiger partial charge in [-0.1, -0.05) is 24.3 Å². The van der Waals surface area contributed by atoms with Gasteiger partial charge < -0.3 is 0 Å². The number of aryl methyl sites for hydroxylation is 1. The lowest BCUT2D eigenvalue weighted by Crippen LogP contribution is -2.15. The van der Waals surface area contributed by atoms with Gasteiger partial charge in [0.1, 0.15) is 5.69 Å². The molecule has 0 N–H and O–H groups in total. The van der Waals surface area contributed by atoms with Crippen molar-refractivity contribution in [1.82, 2.24) is 24.0 Å². The van der Waals surface area contributed by atoms with Crippen LogP contribution in [0.3, 0.4) is 0 Å². The fraction of sp³-hybridized carbons (Fsp3) is 0.227. The summed E-state index contributed by atoms with van der Waals surface area (Å²) in [5, 5.41) is 9.43. The van der Waals surface area contributed by atoms with Gasteiger partial charge >= 0.3 is 0 Å². The Morgan fingerprint density at radius 1 is 1.03 bits per heavy atom. The minimum absolute atomic E-state index is 0.174. The number of hydrogen-bond acceptors (Lipinski definition) is 5. The molecule has 0 fully saturated rings. The van der Waals surface area contributed by atoms with Crippen molar-refractivity contribution in [1.29, 1.82) is 0 Å². The van der Waals surface area contributed by atoms with E-state index in [1.54, 1.807) is 47.4 Å². The Morgan fingerprint density at radius 2 is 1.87 bits per heavy atom. The van der Waals surface area contributed by atoms with Crippen molar-refractivity contribution in [2.75, 3.05) is 0 Å². The van der Waals surface area contributed by atoms with Crippen LogP contribution in [0.4, 0.5) is 0 Å². The van der Waals surface area contributed by atoms with Gasteiger partial charge in [-0.05, 0) is 55.0 Å². The second-order valence-corrected chi connectivity index (χ2v) is 9.25. The average Bonchev–Trinajstić information content (AvgIpc) is 3.38. The van der Waals surface area contributed by atoms with E-state index < -0.39 is 10.0 Å². The number of allylic oxidation sites excluding steroid dienone is 2. The quantitative estimate of drug-likeness (QED) is 0.499. The van der Waals surface area contributed by atoms with Crippen molar-refractivity contribution in [3.8, 4) is 11.3 Å². The molecule has 0 unspecified atom stereocenters. The third-order valence-corrected chi connectivity index (χ3v) is 6.98. The first kappa shape index (κ1) is 18.7. The Balaban J connectivity index is 1.75. The Labute approximate surface area is 174 Å². The lowest BCUT2D eigenvalue weighted by Gasteiger charge is -2.12. The first-order valence-electron chi connectivity index (χ1n) is 9.92. The summed E-state index contributed by atoms with van der Waals surface area (Å²) < 4.78 is 29.3. The summed E-state index contributed by atoms with van der Waals surface area (Å²) >= 11 is 0. The zero-order valence-corrected chi connectivity index (χ0v) is 17.4. The van der Waals surface area contributed by atoms with E-state index in [1.807, 2.05) is 19.3 Å². The van der Waals surface area contributed by atoms with Gasteiger partial charge in [-0.3, -0.25) is 4.68 Å². The number of benzene rings is 1. The van der Waals surface area contributed by atoms with Crippen molar-refractivity contribution in [2.24, 2.45) is 7.05 Å². The summed E-state index contributed by atoms with van der Waals surface area (Å²) in [4.78, 5) is 4.73. The van der Waals surface area contributed by atoms with Crippen LogP contribution in [0, 0.1) is 0 Å². The Bertz CT molecular complexity index is 1370. The highest BCUT2D eigenvalue weighted by Gasteiger charge is 2.25. The first-order chi connectivity index (χ1) is 14.5. The number of nitrogens with zero attached hydrogens (tertiary/aromatic N) is 5. The van der Waals surface area contributed by atoms with Gasteiger partial charge in [-0.25, -0.2) is 4.98 Å². The number of rotatable bonds is 4. The molecule has 0 bridgehead atoms.